The van der Waals surface area contributed by atoms with E-state index in [4.69, 9.17) is 27.9 Å². The normalized spacial score (nSPS) is 11.1. The summed E-state index contributed by atoms with van der Waals surface area (Å²) >= 11 is 12.0. The van der Waals surface area contributed by atoms with Crippen LogP contribution in [-0.4, -0.2) is 31.1 Å². The quantitative estimate of drug-likeness (QED) is 0.586. The lowest BCUT2D eigenvalue weighted by Crippen LogP contribution is -2.31. The summed E-state index contributed by atoms with van der Waals surface area (Å²) in [5.74, 6) is 0.856. The van der Waals surface area contributed by atoms with Crippen molar-refractivity contribution in [1.82, 2.24) is 10.2 Å². The van der Waals surface area contributed by atoms with Crippen molar-refractivity contribution >= 4 is 23.2 Å². The number of ether oxygens (including phenoxy) is 1. The molecule has 0 amide bonds. The van der Waals surface area contributed by atoms with Crippen LogP contribution in [-0.2, 0) is 13.2 Å². The fourth-order valence-corrected chi connectivity index (χ4v) is 2.87. The molecule has 0 aliphatic carbocycles. The number of rotatable bonds is 10. The lowest BCUT2D eigenvalue weighted by Gasteiger charge is -2.18. The molecule has 2 aromatic carbocycles. The lowest BCUT2D eigenvalue weighted by atomic mass is 10.2. The van der Waals surface area contributed by atoms with Crippen molar-refractivity contribution in [3.63, 3.8) is 0 Å². The molecule has 25 heavy (non-hydrogen) atoms. The molecule has 0 aliphatic rings. The number of likely N-dealkylation sites (N-methyl/N-ethyl adjacent to an activating group) is 1. The van der Waals surface area contributed by atoms with Crippen LogP contribution >= 0.6 is 23.2 Å². The van der Waals surface area contributed by atoms with Crippen LogP contribution in [0.3, 0.4) is 0 Å². The van der Waals surface area contributed by atoms with E-state index < -0.39 is 0 Å². The van der Waals surface area contributed by atoms with Gasteiger partial charge in [-0.25, -0.2) is 0 Å². The van der Waals surface area contributed by atoms with Crippen molar-refractivity contribution in [2.24, 2.45) is 0 Å². The SMILES string of the molecule is CCN(CC)CCNCc1cccc(OCc2ccc(Cl)c(Cl)c2)c1. The van der Waals surface area contributed by atoms with Crippen molar-refractivity contribution < 1.29 is 4.74 Å². The molecule has 2 rings (SSSR count). The summed E-state index contributed by atoms with van der Waals surface area (Å²) in [6.07, 6.45) is 0. The van der Waals surface area contributed by atoms with Crippen LogP contribution in [0.1, 0.15) is 25.0 Å². The van der Waals surface area contributed by atoms with Crippen LogP contribution in [0.5, 0.6) is 5.75 Å². The van der Waals surface area contributed by atoms with E-state index in [1.165, 1.54) is 5.56 Å². The van der Waals surface area contributed by atoms with Crippen LogP contribution in [0.15, 0.2) is 42.5 Å². The molecular formula is C20H26Cl2N2O. The Kier molecular flexibility index (Phi) is 8.56. The smallest absolute Gasteiger partial charge is 0.120 e. The van der Waals surface area contributed by atoms with Gasteiger partial charge in [-0.1, -0.05) is 55.2 Å². The topological polar surface area (TPSA) is 24.5 Å². The van der Waals surface area contributed by atoms with Gasteiger partial charge in [0.1, 0.15) is 12.4 Å². The van der Waals surface area contributed by atoms with Gasteiger partial charge in [-0.15, -0.1) is 0 Å². The molecule has 0 bridgehead atoms. The van der Waals surface area contributed by atoms with E-state index >= 15 is 0 Å². The number of halogens is 2. The molecule has 0 heterocycles. The maximum atomic E-state index is 6.04. The van der Waals surface area contributed by atoms with E-state index in [9.17, 15) is 0 Å². The van der Waals surface area contributed by atoms with Crippen molar-refractivity contribution in [2.75, 3.05) is 26.2 Å². The fourth-order valence-electron chi connectivity index (χ4n) is 2.55. The number of nitrogens with one attached hydrogen (secondary N) is 1. The Balaban J connectivity index is 1.81. The second kappa shape index (κ2) is 10.7. The van der Waals surface area contributed by atoms with E-state index in [1.807, 2.05) is 24.3 Å². The second-order valence-electron chi connectivity index (χ2n) is 5.89. The summed E-state index contributed by atoms with van der Waals surface area (Å²) in [5, 5.41) is 4.59. The van der Waals surface area contributed by atoms with Crippen molar-refractivity contribution in [2.45, 2.75) is 27.0 Å². The number of nitrogens with zero attached hydrogens (tertiary/aromatic N) is 1. The van der Waals surface area contributed by atoms with Crippen molar-refractivity contribution in [3.8, 4) is 5.75 Å². The molecule has 0 saturated carbocycles. The monoisotopic (exact) mass is 380 g/mol. The minimum Gasteiger partial charge on any atom is -0.489 e. The Hall–Kier alpha value is -1.26. The Morgan fingerprint density at radius 3 is 2.48 bits per heavy atom. The van der Waals surface area contributed by atoms with Crippen LogP contribution in [0.2, 0.25) is 10.0 Å². The fraction of sp³-hybridized carbons (Fsp3) is 0.400. The van der Waals surface area contributed by atoms with Crippen LogP contribution in [0.25, 0.3) is 0 Å². The second-order valence-corrected chi connectivity index (χ2v) is 6.70. The molecular weight excluding hydrogens is 355 g/mol. The third-order valence-corrected chi connectivity index (χ3v) is 4.86. The van der Waals surface area contributed by atoms with E-state index in [-0.39, 0.29) is 0 Å². The minimum absolute atomic E-state index is 0.468. The molecule has 2 aromatic rings. The van der Waals surface area contributed by atoms with Gasteiger partial charge in [0.05, 0.1) is 10.0 Å². The van der Waals surface area contributed by atoms with Crippen LogP contribution in [0, 0.1) is 0 Å². The van der Waals surface area contributed by atoms with Gasteiger partial charge in [0, 0.05) is 19.6 Å². The zero-order chi connectivity index (χ0) is 18.1. The average molecular weight is 381 g/mol. The maximum absolute atomic E-state index is 6.04. The third kappa shape index (κ3) is 6.87. The molecule has 5 heteroatoms. The highest BCUT2D eigenvalue weighted by Crippen LogP contribution is 2.23. The first-order chi connectivity index (χ1) is 12.1. The number of benzene rings is 2. The minimum atomic E-state index is 0.468. The third-order valence-electron chi connectivity index (χ3n) is 4.12. The van der Waals surface area contributed by atoms with Gasteiger partial charge in [-0.05, 0) is 48.5 Å². The summed E-state index contributed by atoms with van der Waals surface area (Å²) in [6.45, 7) is 9.93. The molecule has 0 atom stereocenters. The predicted molar refractivity (Wildman–Crippen MR) is 107 cm³/mol. The van der Waals surface area contributed by atoms with Gasteiger partial charge in [-0.3, -0.25) is 0 Å². The van der Waals surface area contributed by atoms with Gasteiger partial charge in [0.2, 0.25) is 0 Å². The molecule has 0 spiro atoms. The van der Waals surface area contributed by atoms with E-state index in [1.54, 1.807) is 6.07 Å². The van der Waals surface area contributed by atoms with Crippen LogP contribution < -0.4 is 10.1 Å². The highest BCUT2D eigenvalue weighted by Gasteiger charge is 2.02. The first-order valence-electron chi connectivity index (χ1n) is 8.71. The zero-order valence-electron chi connectivity index (χ0n) is 14.9. The summed E-state index contributed by atoms with van der Waals surface area (Å²) in [7, 11) is 0. The molecule has 0 radical (unpaired) electrons. The predicted octanol–water partition coefficient (Wildman–Crippen LogP) is 5.00. The Morgan fingerprint density at radius 1 is 0.960 bits per heavy atom. The Bertz CT molecular complexity index is 660. The standard InChI is InChI=1S/C20H26Cl2N2O/c1-3-24(4-2)11-10-23-14-16-6-5-7-18(12-16)25-15-17-8-9-19(21)20(22)13-17/h5-9,12-13,23H,3-4,10-11,14-15H2,1-2H3. The highest BCUT2D eigenvalue weighted by atomic mass is 35.5. The summed E-state index contributed by atoms with van der Waals surface area (Å²) in [5.41, 5.74) is 2.21. The molecule has 3 nitrogen and oxygen atoms in total. The first-order valence-corrected chi connectivity index (χ1v) is 9.46. The van der Waals surface area contributed by atoms with Gasteiger partial charge in [-0.2, -0.15) is 0 Å². The maximum Gasteiger partial charge on any atom is 0.120 e. The Morgan fingerprint density at radius 2 is 1.76 bits per heavy atom. The summed E-state index contributed by atoms with van der Waals surface area (Å²) in [6, 6.07) is 13.7. The lowest BCUT2D eigenvalue weighted by molar-refractivity contribution is 0.301. The van der Waals surface area contributed by atoms with E-state index in [0.717, 1.165) is 44.0 Å². The molecule has 0 aliphatic heterocycles. The van der Waals surface area contributed by atoms with Crippen molar-refractivity contribution in [1.29, 1.82) is 0 Å². The van der Waals surface area contributed by atoms with Gasteiger partial charge < -0.3 is 15.0 Å². The molecule has 1 N–H and O–H groups in total. The largest absolute Gasteiger partial charge is 0.489 e. The summed E-state index contributed by atoms with van der Waals surface area (Å²) in [4.78, 5) is 2.41. The Labute approximate surface area is 160 Å². The summed E-state index contributed by atoms with van der Waals surface area (Å²) < 4.78 is 5.87. The van der Waals surface area contributed by atoms with E-state index in [2.05, 4.69) is 36.2 Å². The molecule has 0 unspecified atom stereocenters. The molecule has 136 valence electrons. The average Bonchev–Trinajstić information content (AvgIpc) is 2.63. The molecule has 0 fully saturated rings. The molecule has 0 saturated heterocycles. The van der Waals surface area contributed by atoms with Gasteiger partial charge in [0.25, 0.3) is 0 Å². The van der Waals surface area contributed by atoms with E-state index in [0.29, 0.717) is 16.7 Å². The van der Waals surface area contributed by atoms with Crippen molar-refractivity contribution in [3.05, 3.63) is 63.6 Å². The molecule has 0 aromatic heterocycles. The highest BCUT2D eigenvalue weighted by molar-refractivity contribution is 6.42. The van der Waals surface area contributed by atoms with Gasteiger partial charge >= 0.3 is 0 Å². The first kappa shape index (κ1) is 20.1. The number of hydrogen-bond donors (Lipinski definition) is 1. The zero-order valence-corrected chi connectivity index (χ0v) is 16.4. The van der Waals surface area contributed by atoms with Gasteiger partial charge in [0.15, 0.2) is 0 Å². The number of hydrogen-bond acceptors (Lipinski definition) is 3. The van der Waals surface area contributed by atoms with Crippen LogP contribution in [0.4, 0.5) is 0 Å².